The van der Waals surface area contributed by atoms with Crippen LogP contribution in [0.5, 0.6) is 5.75 Å². The van der Waals surface area contributed by atoms with Gasteiger partial charge >= 0.3 is 0 Å². The van der Waals surface area contributed by atoms with Gasteiger partial charge in [-0.15, -0.1) is 0 Å². The van der Waals surface area contributed by atoms with Crippen molar-refractivity contribution in [2.24, 2.45) is 35.5 Å². The summed E-state index contributed by atoms with van der Waals surface area (Å²) in [7, 11) is 0. The molecule has 3 aromatic carbocycles. The van der Waals surface area contributed by atoms with E-state index in [2.05, 4.69) is 133 Å². The van der Waals surface area contributed by atoms with Crippen molar-refractivity contribution in [1.82, 2.24) is 5.32 Å². The molecule has 1 aromatic heterocycles. The quantitative estimate of drug-likeness (QED) is 0.224. The molecule has 0 radical (unpaired) electrons. The number of hydrogen-bond donors (Lipinski definition) is 1. The van der Waals surface area contributed by atoms with Crippen molar-refractivity contribution in [3.63, 3.8) is 0 Å². The summed E-state index contributed by atoms with van der Waals surface area (Å²) in [4.78, 5) is 0. The Kier molecular flexibility index (Phi) is 6.86. The fourth-order valence-electron chi connectivity index (χ4n) is 11.8. The third-order valence-electron chi connectivity index (χ3n) is 14.5. The Hall–Kier alpha value is -4.93. The van der Waals surface area contributed by atoms with E-state index in [0.717, 1.165) is 36.4 Å². The zero-order valence-corrected chi connectivity index (χ0v) is 30.3. The normalized spacial score (nSPS) is 36.4. The lowest BCUT2D eigenvalue weighted by atomic mass is 9.75. The average molecular weight is 710 g/mol. The molecule has 1 saturated heterocycles. The maximum absolute atomic E-state index is 14.4. The predicted octanol–water partition coefficient (Wildman–Crippen LogP) is 11.0. The van der Waals surface area contributed by atoms with E-state index in [1.807, 2.05) is 6.08 Å². The van der Waals surface area contributed by atoms with Crippen LogP contribution in [0.4, 0.5) is 4.39 Å². The van der Waals surface area contributed by atoms with Gasteiger partial charge in [0.05, 0.1) is 0 Å². The lowest BCUT2D eigenvalue weighted by Gasteiger charge is -2.36. The molecule has 2 saturated carbocycles. The van der Waals surface area contributed by atoms with Crippen molar-refractivity contribution >= 4 is 22.6 Å². The maximum Gasteiger partial charge on any atom is 0.135 e. The Bertz CT molecular complexity index is 2420. The van der Waals surface area contributed by atoms with Crippen molar-refractivity contribution in [3.05, 3.63) is 173 Å². The van der Waals surface area contributed by atoms with E-state index in [-0.39, 0.29) is 29.2 Å². The third kappa shape index (κ3) is 4.81. The minimum atomic E-state index is -0.0982. The number of para-hydroxylation sites is 1. The van der Waals surface area contributed by atoms with E-state index in [1.165, 1.54) is 51.6 Å². The van der Waals surface area contributed by atoms with Crippen LogP contribution in [-0.4, -0.2) is 18.2 Å². The molecule has 6 aliphatic carbocycles. The van der Waals surface area contributed by atoms with Gasteiger partial charge in [-0.05, 0) is 126 Å². The SMILES string of the molecule is FC1=CCC(C2NC(C3C=C(C4C=Cc5oc6ccccc6c5C4)C=C(c4ccc5c(c4)C4C=CC=CC4O5)C3)C3CC3C3(c4ccccc4)CC23)C=C1. The fraction of sp³-hybridized carbons (Fsp3) is 0.320. The molecule has 2 aliphatic heterocycles. The van der Waals surface area contributed by atoms with Crippen LogP contribution >= 0.6 is 0 Å². The summed E-state index contributed by atoms with van der Waals surface area (Å²) in [6.07, 6.45) is 29.5. The summed E-state index contributed by atoms with van der Waals surface area (Å²) in [5, 5.41) is 5.64. The molecule has 3 fully saturated rings. The molecule has 0 amide bonds. The number of halogens is 1. The van der Waals surface area contributed by atoms with Gasteiger partial charge in [0, 0.05) is 45.8 Å². The first-order valence-corrected chi connectivity index (χ1v) is 20.2. The van der Waals surface area contributed by atoms with E-state index in [0.29, 0.717) is 41.7 Å². The van der Waals surface area contributed by atoms with Gasteiger partial charge in [-0.2, -0.15) is 0 Å². The van der Waals surface area contributed by atoms with Crippen molar-refractivity contribution in [2.75, 3.05) is 0 Å². The summed E-state index contributed by atoms with van der Waals surface area (Å²) in [5.74, 6) is 4.91. The van der Waals surface area contributed by atoms with Crippen LogP contribution in [0.25, 0.3) is 22.6 Å². The number of nitrogens with one attached hydrogen (secondary N) is 1. The van der Waals surface area contributed by atoms with E-state index in [9.17, 15) is 4.39 Å². The molecule has 268 valence electrons. The first-order chi connectivity index (χ1) is 26.6. The van der Waals surface area contributed by atoms with Crippen molar-refractivity contribution in [2.45, 2.75) is 61.6 Å². The van der Waals surface area contributed by atoms with E-state index in [4.69, 9.17) is 9.15 Å². The largest absolute Gasteiger partial charge is 0.485 e. The molecule has 4 aromatic rings. The monoisotopic (exact) mass is 709 g/mol. The summed E-state index contributed by atoms with van der Waals surface area (Å²) in [5.41, 5.74) is 9.45. The zero-order valence-electron chi connectivity index (χ0n) is 30.3. The van der Waals surface area contributed by atoms with Gasteiger partial charge in [-0.25, -0.2) is 4.39 Å². The van der Waals surface area contributed by atoms with Crippen molar-refractivity contribution in [1.29, 1.82) is 0 Å². The minimum absolute atomic E-state index is 0.0783. The Balaban J connectivity index is 0.940. The maximum atomic E-state index is 14.4. The van der Waals surface area contributed by atoms with Crippen LogP contribution in [0.1, 0.15) is 59.6 Å². The lowest BCUT2D eigenvalue weighted by Crippen LogP contribution is -2.48. The highest BCUT2D eigenvalue weighted by Crippen LogP contribution is 2.73. The summed E-state index contributed by atoms with van der Waals surface area (Å²) < 4.78 is 27.0. The van der Waals surface area contributed by atoms with Gasteiger partial charge in [0.1, 0.15) is 29.0 Å². The molecule has 8 aliphatic rings. The molecule has 3 heterocycles. The molecule has 4 heteroatoms. The average Bonchev–Trinajstić information content (AvgIpc) is 4.10. The molecule has 0 bridgehead atoms. The molecule has 11 unspecified atom stereocenters. The Labute approximate surface area is 316 Å². The highest BCUT2D eigenvalue weighted by molar-refractivity contribution is 5.85. The number of furan rings is 1. The van der Waals surface area contributed by atoms with E-state index >= 15 is 0 Å². The second-order valence-corrected chi connectivity index (χ2v) is 17.2. The fourth-order valence-corrected chi connectivity index (χ4v) is 11.8. The van der Waals surface area contributed by atoms with Gasteiger partial charge in [0.2, 0.25) is 0 Å². The van der Waals surface area contributed by atoms with E-state index in [1.54, 1.807) is 6.08 Å². The van der Waals surface area contributed by atoms with Crippen LogP contribution in [0, 0.1) is 35.5 Å². The predicted molar refractivity (Wildman–Crippen MR) is 213 cm³/mol. The molecule has 11 atom stereocenters. The van der Waals surface area contributed by atoms with Crippen LogP contribution in [-0.2, 0) is 11.8 Å². The van der Waals surface area contributed by atoms with Gasteiger partial charge in [-0.3, -0.25) is 0 Å². The first kappa shape index (κ1) is 31.4. The summed E-state index contributed by atoms with van der Waals surface area (Å²) in [6, 6.07) is 27.4. The second-order valence-electron chi connectivity index (χ2n) is 17.2. The van der Waals surface area contributed by atoms with Crippen LogP contribution in [0.2, 0.25) is 0 Å². The number of hydrogen-bond acceptors (Lipinski definition) is 3. The van der Waals surface area contributed by atoms with Gasteiger partial charge < -0.3 is 14.5 Å². The van der Waals surface area contributed by atoms with Gasteiger partial charge in [0.25, 0.3) is 0 Å². The number of ether oxygens (including phenoxy) is 1. The molecule has 3 nitrogen and oxygen atoms in total. The topological polar surface area (TPSA) is 34.4 Å². The molecule has 54 heavy (non-hydrogen) atoms. The smallest absolute Gasteiger partial charge is 0.135 e. The number of fused-ring (bicyclic) bond motifs is 9. The summed E-state index contributed by atoms with van der Waals surface area (Å²) in [6.45, 7) is 0. The Morgan fingerprint density at radius 3 is 2.61 bits per heavy atom. The highest BCUT2D eigenvalue weighted by Gasteiger charge is 2.72. The minimum Gasteiger partial charge on any atom is -0.485 e. The van der Waals surface area contributed by atoms with Crippen molar-refractivity contribution < 1.29 is 13.5 Å². The number of benzene rings is 3. The Morgan fingerprint density at radius 2 is 1.70 bits per heavy atom. The first-order valence-electron chi connectivity index (χ1n) is 20.2. The van der Waals surface area contributed by atoms with Gasteiger partial charge in [0.15, 0.2) is 0 Å². The second kappa shape index (κ2) is 11.8. The third-order valence-corrected chi connectivity index (χ3v) is 14.5. The highest BCUT2D eigenvalue weighted by atomic mass is 19.1. The summed E-state index contributed by atoms with van der Waals surface area (Å²) >= 11 is 0. The van der Waals surface area contributed by atoms with Crippen molar-refractivity contribution in [3.8, 4) is 5.75 Å². The molecule has 0 spiro atoms. The van der Waals surface area contributed by atoms with Crippen LogP contribution < -0.4 is 10.1 Å². The lowest BCUT2D eigenvalue weighted by molar-refractivity contribution is 0.269. The van der Waals surface area contributed by atoms with E-state index < -0.39 is 0 Å². The Morgan fingerprint density at radius 1 is 0.815 bits per heavy atom. The molecule has 1 N–H and O–H groups in total. The van der Waals surface area contributed by atoms with Gasteiger partial charge in [-0.1, -0.05) is 97.1 Å². The molecule has 12 rings (SSSR count). The molecular weight excluding hydrogens is 666 g/mol. The van der Waals surface area contributed by atoms with Crippen LogP contribution in [0.15, 0.2) is 149 Å². The zero-order chi connectivity index (χ0) is 35.5. The number of rotatable bonds is 5. The standard InChI is InChI=1S/C50H44FNO2/c51-36-18-14-29(15-19-36)49-43-28-50(43,35-8-2-1-3-9-35)42-27-41(42)48(52-49)34-23-32(30-16-20-46-39(25-30)37-10-4-6-12-44(37)53-46)22-33(24-34)31-17-21-47-40(26-31)38-11-5-7-13-45(38)54-47/h1-14,16-23,26,29-30,34,38,41-43,45,48-49,52H,15,24-25,27-28H2. The number of allylic oxidation sites excluding steroid dienone is 9. The van der Waals surface area contributed by atoms with Crippen LogP contribution in [0.3, 0.4) is 0 Å². The molecular formula is C50H44FNO2.